The minimum Gasteiger partial charge on any atom is -0.489 e. The van der Waals surface area contributed by atoms with Gasteiger partial charge in [-0.1, -0.05) is 6.07 Å². The molecule has 0 radical (unpaired) electrons. The number of hydrogen-bond acceptors (Lipinski definition) is 6. The van der Waals surface area contributed by atoms with Crippen LogP contribution in [-0.4, -0.2) is 39.5 Å². The number of rotatable bonds is 7. The first-order chi connectivity index (χ1) is 15.0. The molecule has 3 heterocycles. The first-order valence-corrected chi connectivity index (χ1v) is 9.87. The number of carbonyl (C=O) groups is 2. The first kappa shape index (κ1) is 23.1. The Morgan fingerprint density at radius 3 is 2.50 bits per heavy atom. The first-order valence-electron chi connectivity index (χ1n) is 9.87. The van der Waals surface area contributed by atoms with E-state index in [1.165, 1.54) is 19.2 Å². The van der Waals surface area contributed by atoms with Crippen LogP contribution in [0.1, 0.15) is 56.0 Å². The van der Waals surface area contributed by atoms with Gasteiger partial charge in [-0.25, -0.2) is 18.7 Å². The van der Waals surface area contributed by atoms with Gasteiger partial charge >= 0.3 is 5.97 Å². The number of pyridine rings is 2. The molecule has 1 N–H and O–H groups in total. The second-order valence-corrected chi connectivity index (χ2v) is 7.93. The van der Waals surface area contributed by atoms with E-state index in [1.54, 1.807) is 36.7 Å². The Bertz CT molecular complexity index is 1160. The molecular weight excluding hydrogens is 422 g/mol. The van der Waals surface area contributed by atoms with Crippen LogP contribution in [0.15, 0.2) is 36.7 Å². The zero-order chi connectivity index (χ0) is 23.6. The Morgan fingerprint density at radius 2 is 1.88 bits per heavy atom. The smallest absolute Gasteiger partial charge is 0.317 e. The maximum Gasteiger partial charge on any atom is 0.317 e. The summed E-state index contributed by atoms with van der Waals surface area (Å²) in [7, 11) is 1.30. The van der Waals surface area contributed by atoms with E-state index >= 15 is 0 Å². The molecule has 1 amide bonds. The van der Waals surface area contributed by atoms with Gasteiger partial charge in [-0.15, -0.1) is 0 Å². The summed E-state index contributed by atoms with van der Waals surface area (Å²) < 4.78 is 38.2. The molecule has 3 aromatic rings. The number of imidazole rings is 1. The molecule has 3 aromatic heterocycles. The molecule has 0 saturated carbocycles. The molecule has 0 fully saturated rings. The van der Waals surface area contributed by atoms with Gasteiger partial charge in [0.1, 0.15) is 33.9 Å². The van der Waals surface area contributed by atoms with Crippen LogP contribution in [-0.2, 0) is 14.9 Å². The van der Waals surface area contributed by atoms with E-state index in [0.717, 1.165) is 6.07 Å². The predicted octanol–water partition coefficient (Wildman–Crippen LogP) is 4.16. The molecule has 0 bridgehead atoms. The largest absolute Gasteiger partial charge is 0.489 e. The third-order valence-electron chi connectivity index (χ3n) is 4.73. The van der Waals surface area contributed by atoms with Gasteiger partial charge in [-0.3, -0.25) is 9.59 Å². The van der Waals surface area contributed by atoms with Crippen LogP contribution in [0.4, 0.5) is 14.5 Å². The normalized spacial score (nSPS) is 11.8. The number of carbonyl (C=O) groups excluding carboxylic acids is 2. The summed E-state index contributed by atoms with van der Waals surface area (Å²) in [6, 6.07) is 5.46. The van der Waals surface area contributed by atoms with Crippen molar-refractivity contribution < 1.29 is 27.8 Å². The third-order valence-corrected chi connectivity index (χ3v) is 4.73. The van der Waals surface area contributed by atoms with Crippen molar-refractivity contribution in [2.75, 3.05) is 12.4 Å². The number of anilines is 1. The zero-order valence-electron chi connectivity index (χ0n) is 18.3. The maximum atomic E-state index is 12.9. The average Bonchev–Trinajstić information content (AvgIpc) is 3.16. The average molecular weight is 446 g/mol. The summed E-state index contributed by atoms with van der Waals surface area (Å²) in [5.74, 6) is -0.785. The van der Waals surface area contributed by atoms with Gasteiger partial charge in [0.05, 0.1) is 18.9 Å². The standard InChI is InChI=1S/C22H24F2N4O4/c1-12(2)32-16-9-18-27-17(22(3,4)21(30)31-5)11-28(18)10-15(16)26-20(29)14-8-6-7-13(25-14)19(23)24/h6-12,19H,1-5H3,(H,26,29). The van der Waals surface area contributed by atoms with Gasteiger partial charge in [0.25, 0.3) is 12.3 Å². The fraction of sp³-hybridized carbons (Fsp3) is 0.364. The Labute approximate surface area is 183 Å². The number of ether oxygens (including phenoxy) is 2. The SMILES string of the molecule is COC(=O)C(C)(C)c1cn2cc(NC(=O)c3cccc(C(F)F)n3)c(OC(C)C)cc2n1. The van der Waals surface area contributed by atoms with Gasteiger partial charge < -0.3 is 19.2 Å². The van der Waals surface area contributed by atoms with Gasteiger partial charge in [0, 0.05) is 18.5 Å². The lowest BCUT2D eigenvalue weighted by atomic mass is 9.90. The van der Waals surface area contributed by atoms with Crippen LogP contribution in [0, 0.1) is 0 Å². The van der Waals surface area contributed by atoms with Crippen LogP contribution in [0.3, 0.4) is 0 Å². The molecule has 0 saturated heterocycles. The molecule has 10 heteroatoms. The van der Waals surface area contributed by atoms with E-state index in [4.69, 9.17) is 9.47 Å². The number of fused-ring (bicyclic) bond motifs is 1. The lowest BCUT2D eigenvalue weighted by molar-refractivity contribution is -0.146. The number of nitrogens with one attached hydrogen (secondary N) is 1. The topological polar surface area (TPSA) is 94.8 Å². The summed E-state index contributed by atoms with van der Waals surface area (Å²) in [5, 5.41) is 2.66. The minimum atomic E-state index is -2.79. The molecule has 0 unspecified atom stereocenters. The molecule has 0 atom stereocenters. The summed E-state index contributed by atoms with van der Waals surface area (Å²) in [4.78, 5) is 33.1. The summed E-state index contributed by atoms with van der Waals surface area (Å²) >= 11 is 0. The summed E-state index contributed by atoms with van der Waals surface area (Å²) in [6.07, 6.45) is 0.221. The Balaban J connectivity index is 2.02. The fourth-order valence-corrected chi connectivity index (χ4v) is 3.01. The van der Waals surface area contributed by atoms with Crippen LogP contribution >= 0.6 is 0 Å². The number of hydrogen-bond donors (Lipinski definition) is 1. The number of esters is 1. The molecule has 0 aromatic carbocycles. The van der Waals surface area contributed by atoms with Crippen molar-refractivity contribution >= 4 is 23.2 Å². The molecular formula is C22H24F2N4O4. The summed E-state index contributed by atoms with van der Waals surface area (Å²) in [6.45, 7) is 7.02. The lowest BCUT2D eigenvalue weighted by Crippen LogP contribution is -2.30. The summed E-state index contributed by atoms with van der Waals surface area (Å²) in [5.41, 5.74) is -0.394. The van der Waals surface area contributed by atoms with Crippen molar-refractivity contribution in [2.24, 2.45) is 0 Å². The quantitative estimate of drug-likeness (QED) is 0.548. The highest BCUT2D eigenvalue weighted by molar-refractivity contribution is 6.03. The Morgan fingerprint density at radius 1 is 1.16 bits per heavy atom. The van der Waals surface area contributed by atoms with Crippen molar-refractivity contribution in [3.8, 4) is 5.75 Å². The van der Waals surface area contributed by atoms with E-state index in [0.29, 0.717) is 22.8 Å². The van der Waals surface area contributed by atoms with Gasteiger partial charge in [-0.05, 0) is 39.8 Å². The van der Waals surface area contributed by atoms with Crippen LogP contribution in [0.25, 0.3) is 5.65 Å². The highest BCUT2D eigenvalue weighted by Crippen LogP contribution is 2.31. The molecule has 170 valence electrons. The van der Waals surface area contributed by atoms with Gasteiger partial charge in [0.15, 0.2) is 0 Å². The fourth-order valence-electron chi connectivity index (χ4n) is 3.01. The molecule has 3 rings (SSSR count). The van der Waals surface area contributed by atoms with E-state index in [2.05, 4.69) is 15.3 Å². The monoisotopic (exact) mass is 446 g/mol. The highest BCUT2D eigenvalue weighted by Gasteiger charge is 2.34. The maximum absolute atomic E-state index is 12.9. The lowest BCUT2D eigenvalue weighted by Gasteiger charge is -2.18. The van der Waals surface area contributed by atoms with Crippen molar-refractivity contribution in [2.45, 2.75) is 45.6 Å². The number of amides is 1. The molecule has 0 aliphatic heterocycles. The molecule has 0 aliphatic rings. The van der Waals surface area contributed by atoms with Crippen molar-refractivity contribution in [3.63, 3.8) is 0 Å². The van der Waals surface area contributed by atoms with E-state index in [1.807, 2.05) is 13.8 Å². The number of methoxy groups -OCH3 is 1. The van der Waals surface area contributed by atoms with Gasteiger partial charge in [-0.2, -0.15) is 0 Å². The van der Waals surface area contributed by atoms with Crippen LogP contribution < -0.4 is 10.1 Å². The van der Waals surface area contributed by atoms with E-state index in [9.17, 15) is 18.4 Å². The van der Waals surface area contributed by atoms with Crippen molar-refractivity contribution in [1.82, 2.24) is 14.4 Å². The van der Waals surface area contributed by atoms with Crippen LogP contribution in [0.5, 0.6) is 5.75 Å². The molecule has 8 nitrogen and oxygen atoms in total. The molecule has 0 spiro atoms. The second-order valence-electron chi connectivity index (χ2n) is 7.93. The third kappa shape index (κ3) is 4.68. The van der Waals surface area contributed by atoms with E-state index in [-0.39, 0.29) is 11.8 Å². The molecule has 32 heavy (non-hydrogen) atoms. The Kier molecular flexibility index (Phi) is 6.42. The predicted molar refractivity (Wildman–Crippen MR) is 113 cm³/mol. The number of alkyl halides is 2. The Hall–Kier alpha value is -3.56. The van der Waals surface area contributed by atoms with Crippen LogP contribution in [0.2, 0.25) is 0 Å². The van der Waals surface area contributed by atoms with E-state index < -0.39 is 29.4 Å². The number of nitrogens with zero attached hydrogens (tertiary/aromatic N) is 3. The molecule has 0 aliphatic carbocycles. The number of aromatic nitrogens is 3. The zero-order valence-corrected chi connectivity index (χ0v) is 18.3. The van der Waals surface area contributed by atoms with Crippen molar-refractivity contribution in [3.05, 3.63) is 53.7 Å². The highest BCUT2D eigenvalue weighted by atomic mass is 19.3. The van der Waals surface area contributed by atoms with Gasteiger partial charge in [0.2, 0.25) is 0 Å². The second kappa shape index (κ2) is 8.89. The number of halogens is 2. The minimum absolute atomic E-state index is 0.156. The van der Waals surface area contributed by atoms with Crippen molar-refractivity contribution in [1.29, 1.82) is 0 Å².